The Hall–Kier alpha value is -2.52. The first-order valence-electron chi connectivity index (χ1n) is 8.65. The van der Waals surface area contributed by atoms with Gasteiger partial charge in [0.25, 0.3) is 0 Å². The number of nitrogen functional groups attached to an aromatic ring is 1. The minimum Gasteiger partial charge on any atom is -0.463 e. The second-order valence-corrected chi connectivity index (χ2v) is 7.10. The lowest BCUT2D eigenvalue weighted by atomic mass is 10.1. The monoisotopic (exact) mass is 387 g/mol. The number of benzene rings is 1. The second kappa shape index (κ2) is 8.01. The average molecular weight is 388 g/mol. The zero-order valence-corrected chi connectivity index (χ0v) is 16.9. The van der Waals surface area contributed by atoms with Gasteiger partial charge in [-0.15, -0.1) is 0 Å². The lowest BCUT2D eigenvalue weighted by molar-refractivity contribution is 0.223. The van der Waals surface area contributed by atoms with Gasteiger partial charge in [-0.05, 0) is 52.2 Å². The normalized spacial score (nSPS) is 17.1. The highest BCUT2D eigenvalue weighted by Gasteiger charge is 2.24. The molecule has 1 aliphatic rings. The summed E-state index contributed by atoms with van der Waals surface area (Å²) in [5.41, 5.74) is 9.45. The summed E-state index contributed by atoms with van der Waals surface area (Å²) in [6.45, 7) is 5.05. The van der Waals surface area contributed by atoms with Crippen molar-refractivity contribution in [3.63, 3.8) is 0 Å². The molecule has 0 amide bonds. The third kappa shape index (κ3) is 4.61. The van der Waals surface area contributed by atoms with Gasteiger partial charge in [0.15, 0.2) is 0 Å². The molecule has 0 saturated heterocycles. The van der Waals surface area contributed by atoms with E-state index in [2.05, 4.69) is 33.1 Å². The summed E-state index contributed by atoms with van der Waals surface area (Å²) >= 11 is 4.51. The van der Waals surface area contributed by atoms with Crippen LogP contribution >= 0.6 is 12.8 Å². The lowest BCUT2D eigenvalue weighted by Crippen LogP contribution is -2.42. The highest BCUT2D eigenvalue weighted by molar-refractivity contribution is 7.78. The third-order valence-corrected chi connectivity index (χ3v) is 4.42. The molecular weight excluding hydrogens is 362 g/mol. The highest BCUT2D eigenvalue weighted by atomic mass is 32.1. The van der Waals surface area contributed by atoms with E-state index in [-0.39, 0.29) is 0 Å². The van der Waals surface area contributed by atoms with E-state index in [1.807, 2.05) is 57.1 Å². The van der Waals surface area contributed by atoms with E-state index >= 15 is 0 Å². The Morgan fingerprint density at radius 3 is 2.81 bits per heavy atom. The van der Waals surface area contributed by atoms with Gasteiger partial charge in [0.05, 0.1) is 5.52 Å². The molecule has 0 aliphatic carbocycles. The Balaban J connectivity index is 1.77. The van der Waals surface area contributed by atoms with Gasteiger partial charge in [-0.25, -0.2) is 9.30 Å². The fourth-order valence-corrected chi connectivity index (χ4v) is 2.91. The number of nitrogens with two attached hydrogens (primary N) is 1. The Kier molecular flexibility index (Phi) is 5.71. The number of thiol groups is 1. The standard InChI is InChI=1S/C18H25N7OS/c1-11-9-15(19)14-10-13(5-6-16(14)20-11)23-17-21-12(2)22-18(25(17)27)26-8-7-24(3)4/h5-6,9-10,17,23,27H,7-8H2,1-4H3,(H2,19,20). The van der Waals surface area contributed by atoms with Crippen LogP contribution in [0.1, 0.15) is 12.6 Å². The minimum absolute atomic E-state index is 0.419. The van der Waals surface area contributed by atoms with Crippen molar-refractivity contribution < 1.29 is 4.74 Å². The van der Waals surface area contributed by atoms with Gasteiger partial charge >= 0.3 is 6.02 Å². The van der Waals surface area contributed by atoms with E-state index < -0.39 is 6.29 Å². The fourth-order valence-electron chi connectivity index (χ4n) is 2.69. The van der Waals surface area contributed by atoms with Crippen molar-refractivity contribution in [1.29, 1.82) is 0 Å². The highest BCUT2D eigenvalue weighted by Crippen LogP contribution is 2.25. The van der Waals surface area contributed by atoms with Crippen LogP contribution in [0, 0.1) is 6.92 Å². The van der Waals surface area contributed by atoms with Crippen molar-refractivity contribution in [3.8, 4) is 0 Å². The summed E-state index contributed by atoms with van der Waals surface area (Å²) in [5.74, 6) is 0.621. The van der Waals surface area contributed by atoms with Crippen molar-refractivity contribution in [2.75, 3.05) is 38.3 Å². The van der Waals surface area contributed by atoms with E-state index in [0.717, 1.165) is 28.8 Å². The number of fused-ring (bicyclic) bond motifs is 1. The molecule has 2 aromatic rings. The molecule has 1 aromatic heterocycles. The van der Waals surface area contributed by atoms with Gasteiger partial charge < -0.3 is 20.7 Å². The number of anilines is 2. The van der Waals surface area contributed by atoms with E-state index in [4.69, 9.17) is 10.5 Å². The molecule has 3 rings (SSSR count). The number of hydrogen-bond acceptors (Lipinski definition) is 9. The van der Waals surface area contributed by atoms with Crippen LogP contribution in [-0.4, -0.2) is 59.6 Å². The summed E-state index contributed by atoms with van der Waals surface area (Å²) in [7, 11) is 3.98. The zero-order valence-electron chi connectivity index (χ0n) is 16.0. The van der Waals surface area contributed by atoms with Gasteiger partial charge in [0.2, 0.25) is 6.29 Å². The summed E-state index contributed by atoms with van der Waals surface area (Å²) < 4.78 is 7.33. The molecule has 2 heterocycles. The number of nitrogens with zero attached hydrogens (tertiary/aromatic N) is 5. The van der Waals surface area contributed by atoms with Gasteiger partial charge in [0.1, 0.15) is 12.4 Å². The molecule has 1 unspecified atom stereocenters. The van der Waals surface area contributed by atoms with Gasteiger partial charge in [-0.2, -0.15) is 4.99 Å². The lowest BCUT2D eigenvalue weighted by Gasteiger charge is -2.30. The predicted octanol–water partition coefficient (Wildman–Crippen LogP) is 2.33. The topological polar surface area (TPSA) is 91.4 Å². The number of likely N-dealkylation sites (N-methyl/N-ethyl adjacent to an activating group) is 1. The molecule has 0 radical (unpaired) electrons. The van der Waals surface area contributed by atoms with Gasteiger partial charge in [-0.3, -0.25) is 4.98 Å². The van der Waals surface area contributed by atoms with E-state index in [0.29, 0.717) is 24.2 Å². The van der Waals surface area contributed by atoms with Crippen LogP contribution in [0.3, 0.4) is 0 Å². The van der Waals surface area contributed by atoms with Crippen LogP contribution in [0.5, 0.6) is 0 Å². The van der Waals surface area contributed by atoms with Gasteiger partial charge in [0, 0.05) is 29.0 Å². The Morgan fingerprint density at radius 1 is 1.30 bits per heavy atom. The molecule has 0 bridgehead atoms. The molecule has 144 valence electrons. The first-order chi connectivity index (χ1) is 12.8. The van der Waals surface area contributed by atoms with Crippen LogP contribution in [0.2, 0.25) is 0 Å². The molecular formula is C18H25N7OS. The van der Waals surface area contributed by atoms with Crippen LogP contribution in [0.4, 0.5) is 11.4 Å². The number of ether oxygens (including phenoxy) is 1. The van der Waals surface area contributed by atoms with Crippen molar-refractivity contribution in [2.24, 2.45) is 9.98 Å². The first kappa shape index (κ1) is 19.2. The minimum atomic E-state index is -0.447. The molecule has 9 heteroatoms. The number of nitrogens with one attached hydrogen (secondary N) is 1. The van der Waals surface area contributed by atoms with E-state index in [9.17, 15) is 0 Å². The van der Waals surface area contributed by atoms with Crippen LogP contribution in [-0.2, 0) is 4.74 Å². The molecule has 1 aromatic carbocycles. The van der Waals surface area contributed by atoms with E-state index in [1.54, 1.807) is 4.31 Å². The summed E-state index contributed by atoms with van der Waals surface area (Å²) in [6.07, 6.45) is -0.447. The number of rotatable bonds is 5. The Bertz CT molecular complexity index is 897. The first-order valence-corrected chi connectivity index (χ1v) is 9.05. The maximum absolute atomic E-state index is 6.15. The number of aromatic nitrogens is 1. The Morgan fingerprint density at radius 2 is 2.07 bits per heavy atom. The van der Waals surface area contributed by atoms with Gasteiger partial charge in [-0.1, -0.05) is 12.8 Å². The summed E-state index contributed by atoms with van der Waals surface area (Å²) in [4.78, 5) is 15.4. The number of hydrogen-bond donors (Lipinski definition) is 3. The summed E-state index contributed by atoms with van der Waals surface area (Å²) in [5, 5.41) is 4.22. The molecule has 27 heavy (non-hydrogen) atoms. The molecule has 3 N–H and O–H groups in total. The van der Waals surface area contributed by atoms with Crippen molar-refractivity contribution in [2.45, 2.75) is 20.1 Å². The molecule has 1 atom stereocenters. The van der Waals surface area contributed by atoms with Crippen LogP contribution in [0.25, 0.3) is 10.9 Å². The largest absolute Gasteiger partial charge is 0.463 e. The van der Waals surface area contributed by atoms with Crippen molar-refractivity contribution in [1.82, 2.24) is 14.2 Å². The number of pyridine rings is 1. The molecule has 1 aliphatic heterocycles. The number of aryl methyl sites for hydroxylation is 1. The predicted molar refractivity (Wildman–Crippen MR) is 114 cm³/mol. The number of aliphatic imine (C=N–C) groups is 2. The summed E-state index contributed by atoms with van der Waals surface area (Å²) in [6, 6.07) is 8.12. The number of amidine groups is 2. The zero-order chi connectivity index (χ0) is 19.6. The van der Waals surface area contributed by atoms with Crippen molar-refractivity contribution in [3.05, 3.63) is 30.0 Å². The smallest absolute Gasteiger partial charge is 0.307 e. The molecule has 0 spiro atoms. The van der Waals surface area contributed by atoms with Crippen LogP contribution < -0.4 is 11.1 Å². The molecule has 0 saturated carbocycles. The maximum Gasteiger partial charge on any atom is 0.307 e. The quantitative estimate of drug-likeness (QED) is 0.682. The van der Waals surface area contributed by atoms with Crippen molar-refractivity contribution >= 4 is 46.9 Å². The third-order valence-electron chi connectivity index (χ3n) is 4.03. The van der Waals surface area contributed by atoms with E-state index in [1.165, 1.54) is 0 Å². The second-order valence-electron chi connectivity index (χ2n) is 6.67. The molecule has 0 fully saturated rings. The molecule has 8 nitrogen and oxygen atoms in total. The Labute approximate surface area is 164 Å². The van der Waals surface area contributed by atoms with Crippen LogP contribution in [0.15, 0.2) is 34.3 Å². The maximum atomic E-state index is 6.15. The fraction of sp³-hybridized carbons (Fsp3) is 0.389. The average Bonchev–Trinajstić information content (AvgIpc) is 2.59. The SMILES string of the molecule is CC1=NC(Nc2ccc3nc(C)cc(N)c3c2)N(S)C(OCCN(C)C)=N1.